The summed E-state index contributed by atoms with van der Waals surface area (Å²) in [7, 11) is 0. The minimum atomic E-state index is -0.177. The SMILES string of the molecule is O=C(NCCc1nc(-c2ccc(Cl)cc2)no1)c1ccc(Cl)cc1. The number of halogens is 2. The molecule has 0 aliphatic carbocycles. The lowest BCUT2D eigenvalue weighted by molar-refractivity contribution is 0.0953. The van der Waals surface area contributed by atoms with Gasteiger partial charge in [0.05, 0.1) is 0 Å². The van der Waals surface area contributed by atoms with E-state index in [0.717, 1.165) is 5.56 Å². The normalized spacial score (nSPS) is 10.6. The molecule has 5 nitrogen and oxygen atoms in total. The van der Waals surface area contributed by atoms with Crippen LogP contribution in [0.2, 0.25) is 10.0 Å². The molecule has 0 aliphatic heterocycles. The summed E-state index contributed by atoms with van der Waals surface area (Å²) in [5, 5.41) is 7.96. The second kappa shape index (κ2) is 7.47. The molecule has 3 rings (SSSR count). The molecule has 0 saturated carbocycles. The third kappa shape index (κ3) is 4.13. The van der Waals surface area contributed by atoms with Gasteiger partial charge in [-0.3, -0.25) is 4.79 Å². The first-order chi connectivity index (χ1) is 11.6. The van der Waals surface area contributed by atoms with Crippen LogP contribution in [0, 0.1) is 0 Å². The molecule has 0 aliphatic rings. The van der Waals surface area contributed by atoms with Crippen molar-refractivity contribution >= 4 is 29.1 Å². The van der Waals surface area contributed by atoms with Crippen LogP contribution < -0.4 is 5.32 Å². The Hall–Kier alpha value is -2.37. The van der Waals surface area contributed by atoms with Gasteiger partial charge in [0.25, 0.3) is 5.91 Å². The first-order valence-corrected chi connectivity index (χ1v) is 8.00. The van der Waals surface area contributed by atoms with Crippen molar-refractivity contribution in [1.29, 1.82) is 0 Å². The molecule has 0 spiro atoms. The smallest absolute Gasteiger partial charge is 0.251 e. The van der Waals surface area contributed by atoms with Crippen molar-refractivity contribution < 1.29 is 9.32 Å². The molecule has 122 valence electrons. The van der Waals surface area contributed by atoms with Crippen molar-refractivity contribution in [1.82, 2.24) is 15.5 Å². The second-order valence-corrected chi connectivity index (χ2v) is 5.90. The lowest BCUT2D eigenvalue weighted by Gasteiger charge is -2.03. The fourth-order valence-corrected chi connectivity index (χ4v) is 2.31. The predicted molar refractivity (Wildman–Crippen MR) is 92.2 cm³/mol. The Morgan fingerprint density at radius 3 is 2.29 bits per heavy atom. The average Bonchev–Trinajstić information content (AvgIpc) is 3.05. The van der Waals surface area contributed by atoms with Gasteiger partial charge in [-0.25, -0.2) is 0 Å². The van der Waals surface area contributed by atoms with E-state index in [1.807, 2.05) is 12.1 Å². The van der Waals surface area contributed by atoms with E-state index in [0.29, 0.717) is 40.3 Å². The molecule has 2 aromatic carbocycles. The number of carbonyl (C=O) groups excluding carboxylic acids is 1. The van der Waals surface area contributed by atoms with Crippen molar-refractivity contribution in [2.75, 3.05) is 6.54 Å². The van der Waals surface area contributed by atoms with Crippen LogP contribution in [0.15, 0.2) is 53.1 Å². The number of hydrogen-bond acceptors (Lipinski definition) is 4. The van der Waals surface area contributed by atoms with E-state index in [-0.39, 0.29) is 5.91 Å². The van der Waals surface area contributed by atoms with Gasteiger partial charge in [-0.1, -0.05) is 28.4 Å². The third-order valence-electron chi connectivity index (χ3n) is 3.30. The van der Waals surface area contributed by atoms with Gasteiger partial charge >= 0.3 is 0 Å². The summed E-state index contributed by atoms with van der Waals surface area (Å²) in [6, 6.07) is 13.9. The van der Waals surface area contributed by atoms with Crippen LogP contribution in [0.25, 0.3) is 11.4 Å². The van der Waals surface area contributed by atoms with Gasteiger partial charge in [-0.15, -0.1) is 0 Å². The van der Waals surface area contributed by atoms with Crippen molar-refractivity contribution in [2.45, 2.75) is 6.42 Å². The quantitative estimate of drug-likeness (QED) is 0.745. The zero-order chi connectivity index (χ0) is 16.9. The highest BCUT2D eigenvalue weighted by Gasteiger charge is 2.10. The first-order valence-electron chi connectivity index (χ1n) is 7.24. The van der Waals surface area contributed by atoms with E-state index < -0.39 is 0 Å². The Balaban J connectivity index is 1.55. The average molecular weight is 362 g/mol. The van der Waals surface area contributed by atoms with Crippen LogP contribution in [0.1, 0.15) is 16.2 Å². The number of amides is 1. The summed E-state index contributed by atoms with van der Waals surface area (Å²) in [6.07, 6.45) is 0.444. The number of nitrogens with zero attached hydrogens (tertiary/aromatic N) is 2. The largest absolute Gasteiger partial charge is 0.352 e. The molecular formula is C17H13Cl2N3O2. The van der Waals surface area contributed by atoms with E-state index in [1.54, 1.807) is 36.4 Å². The number of nitrogens with one attached hydrogen (secondary N) is 1. The van der Waals surface area contributed by atoms with Crippen LogP contribution in [-0.2, 0) is 6.42 Å². The summed E-state index contributed by atoms with van der Waals surface area (Å²) in [5.41, 5.74) is 1.37. The van der Waals surface area contributed by atoms with E-state index >= 15 is 0 Å². The summed E-state index contributed by atoms with van der Waals surface area (Å²) in [6.45, 7) is 0.393. The predicted octanol–water partition coefficient (Wildman–Crippen LogP) is 4.02. The van der Waals surface area contributed by atoms with Crippen molar-refractivity contribution in [3.8, 4) is 11.4 Å². The number of rotatable bonds is 5. The monoisotopic (exact) mass is 361 g/mol. The Labute approximate surface area is 148 Å². The van der Waals surface area contributed by atoms with E-state index in [9.17, 15) is 4.79 Å². The standard InChI is InChI=1S/C17H13Cl2N3O2/c18-13-5-1-11(2-6-13)16-21-15(24-22-16)9-10-20-17(23)12-3-7-14(19)8-4-12/h1-8H,9-10H2,(H,20,23). The van der Waals surface area contributed by atoms with Gasteiger partial charge in [0.1, 0.15) is 0 Å². The van der Waals surface area contributed by atoms with Crippen LogP contribution in [0.5, 0.6) is 0 Å². The summed E-state index contributed by atoms with van der Waals surface area (Å²) in [4.78, 5) is 16.3. The molecule has 1 aromatic heterocycles. The maximum atomic E-state index is 12.0. The summed E-state index contributed by atoms with van der Waals surface area (Å²) < 4.78 is 5.19. The molecule has 0 saturated heterocycles. The topological polar surface area (TPSA) is 68.0 Å². The number of aromatic nitrogens is 2. The maximum Gasteiger partial charge on any atom is 0.251 e. The number of hydrogen-bond donors (Lipinski definition) is 1. The Morgan fingerprint density at radius 2 is 1.62 bits per heavy atom. The van der Waals surface area contributed by atoms with Crippen molar-refractivity contribution in [2.24, 2.45) is 0 Å². The minimum Gasteiger partial charge on any atom is -0.352 e. The van der Waals surface area contributed by atoms with E-state index in [2.05, 4.69) is 15.5 Å². The van der Waals surface area contributed by atoms with Crippen molar-refractivity contribution in [3.05, 3.63) is 70.0 Å². The van der Waals surface area contributed by atoms with Crippen LogP contribution in [-0.4, -0.2) is 22.6 Å². The summed E-state index contributed by atoms with van der Waals surface area (Å²) >= 11 is 11.6. The fourth-order valence-electron chi connectivity index (χ4n) is 2.06. The lowest BCUT2D eigenvalue weighted by atomic mass is 10.2. The first kappa shape index (κ1) is 16.5. The molecule has 0 bridgehead atoms. The fraction of sp³-hybridized carbons (Fsp3) is 0.118. The highest BCUT2D eigenvalue weighted by Crippen LogP contribution is 2.18. The van der Waals surface area contributed by atoms with Gasteiger partial charge in [0, 0.05) is 34.1 Å². The molecule has 1 amide bonds. The van der Waals surface area contributed by atoms with Gasteiger partial charge in [-0.2, -0.15) is 4.98 Å². The highest BCUT2D eigenvalue weighted by molar-refractivity contribution is 6.30. The molecule has 0 unspecified atom stereocenters. The molecule has 1 heterocycles. The molecule has 7 heteroatoms. The molecule has 24 heavy (non-hydrogen) atoms. The zero-order valence-electron chi connectivity index (χ0n) is 12.5. The minimum absolute atomic E-state index is 0.177. The lowest BCUT2D eigenvalue weighted by Crippen LogP contribution is -2.25. The molecular weight excluding hydrogens is 349 g/mol. The van der Waals surface area contributed by atoms with E-state index in [4.69, 9.17) is 27.7 Å². The maximum absolute atomic E-state index is 12.0. The second-order valence-electron chi connectivity index (χ2n) is 5.03. The van der Waals surface area contributed by atoms with Crippen LogP contribution >= 0.6 is 23.2 Å². The number of benzene rings is 2. The zero-order valence-corrected chi connectivity index (χ0v) is 14.0. The van der Waals surface area contributed by atoms with E-state index in [1.165, 1.54) is 0 Å². The molecule has 3 aromatic rings. The van der Waals surface area contributed by atoms with Gasteiger partial charge < -0.3 is 9.84 Å². The number of carbonyl (C=O) groups is 1. The van der Waals surface area contributed by atoms with Crippen LogP contribution in [0.3, 0.4) is 0 Å². The highest BCUT2D eigenvalue weighted by atomic mass is 35.5. The molecule has 0 atom stereocenters. The Kier molecular flexibility index (Phi) is 5.13. The van der Waals surface area contributed by atoms with Crippen molar-refractivity contribution in [3.63, 3.8) is 0 Å². The van der Waals surface area contributed by atoms with Crippen LogP contribution in [0.4, 0.5) is 0 Å². The molecule has 0 fully saturated rings. The third-order valence-corrected chi connectivity index (χ3v) is 3.81. The van der Waals surface area contributed by atoms with Gasteiger partial charge in [0.2, 0.25) is 11.7 Å². The van der Waals surface area contributed by atoms with Gasteiger partial charge in [-0.05, 0) is 48.5 Å². The molecule has 1 N–H and O–H groups in total. The van der Waals surface area contributed by atoms with Gasteiger partial charge in [0.15, 0.2) is 0 Å². The molecule has 0 radical (unpaired) electrons. The Bertz CT molecular complexity index is 830. The Morgan fingerprint density at radius 1 is 1.00 bits per heavy atom. The summed E-state index contributed by atoms with van der Waals surface area (Å²) in [5.74, 6) is 0.770.